The van der Waals surface area contributed by atoms with Crippen LogP contribution in [0.2, 0.25) is 0 Å². The highest BCUT2D eigenvalue weighted by molar-refractivity contribution is 5.94. The van der Waals surface area contributed by atoms with Gasteiger partial charge in [0.05, 0.1) is 12.8 Å². The maximum absolute atomic E-state index is 12.3. The Kier molecular flexibility index (Phi) is 5.52. The normalized spacial score (nSPS) is 10.4. The molecule has 2 aromatic carbocycles. The van der Waals surface area contributed by atoms with E-state index in [0.717, 1.165) is 23.4 Å². The number of anilines is 1. The number of furan rings is 1. The van der Waals surface area contributed by atoms with Gasteiger partial charge < -0.3 is 15.1 Å². The Labute approximate surface area is 147 Å². The molecule has 25 heavy (non-hydrogen) atoms. The van der Waals surface area contributed by atoms with Crippen molar-refractivity contribution in [2.24, 2.45) is 0 Å². The van der Waals surface area contributed by atoms with Crippen LogP contribution >= 0.6 is 0 Å². The minimum absolute atomic E-state index is 0.104. The Morgan fingerprint density at radius 1 is 1.00 bits per heavy atom. The summed E-state index contributed by atoms with van der Waals surface area (Å²) in [5.74, 6) is 0.634. The van der Waals surface area contributed by atoms with Crippen molar-refractivity contribution in [1.29, 1.82) is 0 Å². The quantitative estimate of drug-likeness (QED) is 0.674. The maximum Gasteiger partial charge on any atom is 0.251 e. The lowest BCUT2D eigenvalue weighted by molar-refractivity contribution is 0.0948. The Morgan fingerprint density at radius 2 is 1.88 bits per heavy atom. The molecule has 128 valence electrons. The van der Waals surface area contributed by atoms with Gasteiger partial charge in [0.15, 0.2) is 0 Å². The summed E-state index contributed by atoms with van der Waals surface area (Å²) in [6.45, 7) is 3.21. The predicted molar refractivity (Wildman–Crippen MR) is 99.5 cm³/mol. The summed E-state index contributed by atoms with van der Waals surface area (Å²) >= 11 is 0. The topological polar surface area (TPSA) is 54.3 Å². The van der Waals surface area contributed by atoms with Crippen LogP contribution in [-0.4, -0.2) is 5.91 Å². The third-order valence-corrected chi connectivity index (χ3v) is 4.07. The smallest absolute Gasteiger partial charge is 0.251 e. The van der Waals surface area contributed by atoms with Crippen LogP contribution in [0.15, 0.2) is 71.3 Å². The van der Waals surface area contributed by atoms with Crippen LogP contribution in [-0.2, 0) is 19.5 Å². The lowest BCUT2D eigenvalue weighted by atomic mass is 10.1. The number of carbonyl (C=O) groups is 1. The fraction of sp³-hybridized carbons (Fsp3) is 0.190. The summed E-state index contributed by atoms with van der Waals surface area (Å²) in [7, 11) is 0. The first kappa shape index (κ1) is 16.8. The highest BCUT2D eigenvalue weighted by Crippen LogP contribution is 2.17. The summed E-state index contributed by atoms with van der Waals surface area (Å²) in [5.41, 5.74) is 4.14. The fourth-order valence-electron chi connectivity index (χ4n) is 2.70. The van der Waals surface area contributed by atoms with Crippen molar-refractivity contribution in [1.82, 2.24) is 5.32 Å². The first-order valence-electron chi connectivity index (χ1n) is 8.47. The van der Waals surface area contributed by atoms with Gasteiger partial charge >= 0.3 is 0 Å². The van der Waals surface area contributed by atoms with Crippen molar-refractivity contribution in [3.8, 4) is 0 Å². The van der Waals surface area contributed by atoms with E-state index in [4.69, 9.17) is 4.42 Å². The summed E-state index contributed by atoms with van der Waals surface area (Å²) in [4.78, 5) is 12.3. The highest BCUT2D eigenvalue weighted by atomic mass is 16.3. The van der Waals surface area contributed by atoms with E-state index in [0.29, 0.717) is 18.7 Å². The first-order valence-corrected chi connectivity index (χ1v) is 8.47. The number of aryl methyl sites for hydroxylation is 1. The molecule has 0 spiro atoms. The molecule has 0 atom stereocenters. The van der Waals surface area contributed by atoms with Crippen LogP contribution in [0.5, 0.6) is 0 Å². The molecule has 0 aliphatic heterocycles. The van der Waals surface area contributed by atoms with Crippen molar-refractivity contribution in [3.63, 3.8) is 0 Å². The Morgan fingerprint density at radius 3 is 2.68 bits per heavy atom. The molecule has 4 heteroatoms. The van der Waals surface area contributed by atoms with E-state index >= 15 is 0 Å². The lowest BCUT2D eigenvalue weighted by Gasteiger charge is -2.11. The standard InChI is InChI=1S/C21H22N2O2/c1-2-17-8-3-4-11-20(17)22-14-16-7-5-9-18(13-16)21(24)23-15-19-10-6-12-25-19/h3-13,22H,2,14-15H2,1H3,(H,23,24). The molecule has 4 nitrogen and oxygen atoms in total. The number of amides is 1. The number of para-hydroxylation sites is 1. The molecular formula is C21H22N2O2. The van der Waals surface area contributed by atoms with E-state index in [9.17, 15) is 4.79 Å². The molecular weight excluding hydrogens is 312 g/mol. The van der Waals surface area contributed by atoms with E-state index in [2.05, 4.69) is 29.7 Å². The van der Waals surface area contributed by atoms with Crippen molar-refractivity contribution >= 4 is 11.6 Å². The molecule has 1 heterocycles. The van der Waals surface area contributed by atoms with Crippen LogP contribution in [0.25, 0.3) is 0 Å². The largest absolute Gasteiger partial charge is 0.467 e. The van der Waals surface area contributed by atoms with Gasteiger partial charge in [0.1, 0.15) is 5.76 Å². The van der Waals surface area contributed by atoms with Gasteiger partial charge in [-0.1, -0.05) is 37.3 Å². The average Bonchev–Trinajstić information content (AvgIpc) is 3.18. The molecule has 0 saturated carbocycles. The van der Waals surface area contributed by atoms with Crippen molar-refractivity contribution in [2.45, 2.75) is 26.4 Å². The molecule has 0 radical (unpaired) electrons. The average molecular weight is 334 g/mol. The van der Waals surface area contributed by atoms with E-state index in [1.807, 2.05) is 48.5 Å². The van der Waals surface area contributed by atoms with Gasteiger partial charge in [0.2, 0.25) is 0 Å². The van der Waals surface area contributed by atoms with Crippen LogP contribution in [0.4, 0.5) is 5.69 Å². The second-order valence-electron chi connectivity index (χ2n) is 5.83. The number of carbonyl (C=O) groups excluding carboxylic acids is 1. The number of nitrogens with one attached hydrogen (secondary N) is 2. The minimum atomic E-state index is -0.104. The molecule has 0 saturated heterocycles. The van der Waals surface area contributed by atoms with Gasteiger partial charge in [0, 0.05) is 17.8 Å². The molecule has 2 N–H and O–H groups in total. The third-order valence-electron chi connectivity index (χ3n) is 4.07. The SMILES string of the molecule is CCc1ccccc1NCc1cccc(C(=O)NCc2ccco2)c1. The van der Waals surface area contributed by atoms with Crippen LogP contribution < -0.4 is 10.6 Å². The Bertz CT molecular complexity index is 825. The molecule has 3 aromatic rings. The lowest BCUT2D eigenvalue weighted by Crippen LogP contribution is -2.22. The molecule has 3 rings (SSSR count). The van der Waals surface area contributed by atoms with Crippen molar-refractivity contribution < 1.29 is 9.21 Å². The maximum atomic E-state index is 12.3. The minimum Gasteiger partial charge on any atom is -0.467 e. The molecule has 0 aliphatic rings. The monoisotopic (exact) mass is 334 g/mol. The first-order chi connectivity index (χ1) is 12.3. The second kappa shape index (κ2) is 8.20. The fourth-order valence-corrected chi connectivity index (χ4v) is 2.70. The summed E-state index contributed by atoms with van der Waals surface area (Å²) in [5, 5.41) is 6.32. The molecule has 0 aliphatic carbocycles. The Hall–Kier alpha value is -3.01. The highest BCUT2D eigenvalue weighted by Gasteiger charge is 2.07. The van der Waals surface area contributed by atoms with Crippen molar-refractivity contribution in [2.75, 3.05) is 5.32 Å². The van der Waals surface area contributed by atoms with Gasteiger partial charge in [-0.25, -0.2) is 0 Å². The number of rotatable bonds is 7. The van der Waals surface area contributed by atoms with Crippen LogP contribution in [0, 0.1) is 0 Å². The Balaban J connectivity index is 1.61. The van der Waals surface area contributed by atoms with Crippen LogP contribution in [0.3, 0.4) is 0 Å². The zero-order chi connectivity index (χ0) is 17.5. The summed E-state index contributed by atoms with van der Waals surface area (Å²) in [6.07, 6.45) is 2.58. The van der Waals surface area contributed by atoms with E-state index in [1.165, 1.54) is 5.56 Å². The van der Waals surface area contributed by atoms with Gasteiger partial charge in [0.25, 0.3) is 5.91 Å². The molecule has 1 aromatic heterocycles. The van der Waals surface area contributed by atoms with Gasteiger partial charge in [-0.2, -0.15) is 0 Å². The number of hydrogen-bond acceptors (Lipinski definition) is 3. The van der Waals surface area contributed by atoms with Gasteiger partial charge in [-0.3, -0.25) is 4.79 Å². The van der Waals surface area contributed by atoms with E-state index in [1.54, 1.807) is 6.26 Å². The summed E-state index contributed by atoms with van der Waals surface area (Å²) < 4.78 is 5.23. The predicted octanol–water partition coefficient (Wildman–Crippen LogP) is 4.38. The molecule has 0 unspecified atom stereocenters. The molecule has 1 amide bonds. The van der Waals surface area contributed by atoms with Gasteiger partial charge in [-0.15, -0.1) is 0 Å². The zero-order valence-electron chi connectivity index (χ0n) is 14.3. The molecule has 0 fully saturated rings. The van der Waals surface area contributed by atoms with Crippen LogP contribution in [0.1, 0.15) is 34.2 Å². The molecule has 0 bridgehead atoms. The van der Waals surface area contributed by atoms with E-state index in [-0.39, 0.29) is 5.91 Å². The second-order valence-corrected chi connectivity index (χ2v) is 5.83. The third kappa shape index (κ3) is 4.51. The van der Waals surface area contributed by atoms with Crippen molar-refractivity contribution in [3.05, 3.63) is 89.4 Å². The van der Waals surface area contributed by atoms with Gasteiger partial charge in [-0.05, 0) is 47.9 Å². The summed E-state index contributed by atoms with van der Waals surface area (Å²) in [6, 6.07) is 19.6. The van der Waals surface area contributed by atoms with E-state index < -0.39 is 0 Å². The number of benzene rings is 2. The zero-order valence-corrected chi connectivity index (χ0v) is 14.3. The number of hydrogen-bond donors (Lipinski definition) is 2.